The number of carbonyl (C=O) groups excluding carboxylic acids is 1. The molecule has 0 bridgehead atoms. The number of aromatic nitrogens is 3. The second kappa shape index (κ2) is 6.21. The molecule has 0 radical (unpaired) electrons. The normalized spacial score (nSPS) is 10.9. The fraction of sp³-hybridized carbons (Fsp3) is 0.188. The van der Waals surface area contributed by atoms with Gasteiger partial charge in [-0.1, -0.05) is 44.2 Å². The number of carbonyl (C=O) groups is 1. The van der Waals surface area contributed by atoms with Crippen LogP contribution < -0.4 is 10.6 Å². The molecular formula is C16H17N5OS. The number of amides is 2. The Morgan fingerprint density at radius 2 is 2.04 bits per heavy atom. The predicted octanol–water partition coefficient (Wildman–Crippen LogP) is 3.87. The quantitative estimate of drug-likeness (QED) is 0.762. The number of anilines is 2. The topological polar surface area (TPSA) is 87.9 Å². The number of rotatable bonds is 4. The number of hydrogen-bond donors (Lipinski definition) is 2. The maximum absolute atomic E-state index is 11.9. The summed E-state index contributed by atoms with van der Waals surface area (Å²) in [6.07, 6.45) is 1.77. The van der Waals surface area contributed by atoms with Gasteiger partial charge < -0.3 is 5.73 Å². The number of benzene rings is 1. The van der Waals surface area contributed by atoms with Gasteiger partial charge in [-0.2, -0.15) is 5.10 Å². The van der Waals surface area contributed by atoms with Crippen molar-refractivity contribution >= 4 is 28.3 Å². The molecule has 0 saturated carbocycles. The lowest BCUT2D eigenvalue weighted by Crippen LogP contribution is -2.31. The molecule has 0 atom stereocenters. The number of hydrogen-bond acceptors (Lipinski definition) is 4. The van der Waals surface area contributed by atoms with Gasteiger partial charge >= 0.3 is 6.03 Å². The van der Waals surface area contributed by atoms with Crippen molar-refractivity contribution in [2.75, 3.05) is 4.90 Å². The molecule has 3 rings (SSSR count). The van der Waals surface area contributed by atoms with E-state index >= 15 is 0 Å². The number of urea groups is 1. The molecule has 2 heterocycles. The zero-order valence-corrected chi connectivity index (χ0v) is 13.7. The van der Waals surface area contributed by atoms with E-state index in [0.29, 0.717) is 16.9 Å². The largest absolute Gasteiger partial charge is 0.351 e. The summed E-state index contributed by atoms with van der Waals surface area (Å²) in [5, 5.41) is 7.67. The van der Waals surface area contributed by atoms with Crippen LogP contribution in [0.15, 0.2) is 42.6 Å². The maximum atomic E-state index is 11.9. The maximum Gasteiger partial charge on any atom is 0.327 e. The fourth-order valence-corrected chi connectivity index (χ4v) is 3.08. The number of primary amides is 1. The first kappa shape index (κ1) is 15.2. The summed E-state index contributed by atoms with van der Waals surface area (Å²) in [6, 6.07) is 10.9. The van der Waals surface area contributed by atoms with Gasteiger partial charge in [-0.25, -0.2) is 14.7 Å². The third-order valence-electron chi connectivity index (χ3n) is 3.37. The molecule has 2 aromatic heterocycles. The van der Waals surface area contributed by atoms with Crippen LogP contribution in [0.25, 0.3) is 11.3 Å². The molecule has 0 aliphatic rings. The first-order valence-electron chi connectivity index (χ1n) is 7.22. The highest BCUT2D eigenvalue weighted by molar-refractivity contribution is 7.15. The zero-order valence-electron chi connectivity index (χ0n) is 12.9. The molecule has 0 saturated heterocycles. The molecule has 6 nitrogen and oxygen atoms in total. The Hall–Kier alpha value is -2.67. The Kier molecular flexibility index (Phi) is 4.12. The van der Waals surface area contributed by atoms with Crippen LogP contribution in [0.5, 0.6) is 0 Å². The summed E-state index contributed by atoms with van der Waals surface area (Å²) in [7, 11) is 0. The zero-order chi connectivity index (χ0) is 16.4. The van der Waals surface area contributed by atoms with Gasteiger partial charge in [0.15, 0.2) is 10.9 Å². The highest BCUT2D eigenvalue weighted by atomic mass is 32.1. The molecular weight excluding hydrogens is 310 g/mol. The van der Waals surface area contributed by atoms with Gasteiger partial charge in [-0.3, -0.25) is 5.10 Å². The van der Waals surface area contributed by atoms with Crippen molar-refractivity contribution in [3.63, 3.8) is 0 Å². The van der Waals surface area contributed by atoms with Crippen LogP contribution in [0.2, 0.25) is 0 Å². The Labute approximate surface area is 138 Å². The minimum atomic E-state index is -0.610. The molecule has 0 fully saturated rings. The smallest absolute Gasteiger partial charge is 0.327 e. The van der Waals surface area contributed by atoms with Crippen molar-refractivity contribution in [1.82, 2.24) is 15.2 Å². The summed E-state index contributed by atoms with van der Waals surface area (Å²) >= 11 is 1.44. The molecule has 2 amide bonds. The minimum absolute atomic E-state index is 0.343. The highest BCUT2D eigenvalue weighted by Crippen LogP contribution is 2.33. The average molecular weight is 327 g/mol. The number of H-pyrrole nitrogens is 1. The van der Waals surface area contributed by atoms with E-state index in [1.165, 1.54) is 16.2 Å². The summed E-state index contributed by atoms with van der Waals surface area (Å²) in [5.74, 6) is 0.774. The fourth-order valence-electron chi connectivity index (χ4n) is 2.14. The van der Waals surface area contributed by atoms with Gasteiger partial charge in [0.05, 0.1) is 5.69 Å². The summed E-state index contributed by atoms with van der Waals surface area (Å²) < 4.78 is 0. The van der Waals surface area contributed by atoms with Gasteiger partial charge in [-0.05, 0) is 11.5 Å². The van der Waals surface area contributed by atoms with Crippen LogP contribution in [0.4, 0.5) is 15.7 Å². The van der Waals surface area contributed by atoms with Crippen LogP contribution in [-0.4, -0.2) is 21.2 Å². The number of nitrogens with zero attached hydrogens (tertiary/aromatic N) is 3. The lowest BCUT2D eigenvalue weighted by atomic mass is 10.1. The number of thiazole rings is 1. The van der Waals surface area contributed by atoms with Crippen LogP contribution >= 0.6 is 11.3 Å². The molecule has 7 heteroatoms. The van der Waals surface area contributed by atoms with E-state index in [-0.39, 0.29) is 0 Å². The minimum Gasteiger partial charge on any atom is -0.351 e. The Bertz CT molecular complexity index is 809. The number of aromatic amines is 1. The van der Waals surface area contributed by atoms with Gasteiger partial charge in [-0.15, -0.1) is 11.3 Å². The second-order valence-corrected chi connectivity index (χ2v) is 6.42. The molecule has 23 heavy (non-hydrogen) atoms. The van der Waals surface area contributed by atoms with Crippen LogP contribution in [0.1, 0.15) is 24.6 Å². The monoisotopic (exact) mass is 327 g/mol. The molecule has 0 unspecified atom stereocenters. The van der Waals surface area contributed by atoms with Crippen molar-refractivity contribution in [1.29, 1.82) is 0 Å². The molecule has 3 N–H and O–H groups in total. The lowest BCUT2D eigenvalue weighted by Gasteiger charge is -2.13. The van der Waals surface area contributed by atoms with Crippen molar-refractivity contribution in [2.24, 2.45) is 5.73 Å². The van der Waals surface area contributed by atoms with Crippen LogP contribution in [0, 0.1) is 0 Å². The van der Waals surface area contributed by atoms with E-state index in [2.05, 4.69) is 29.0 Å². The van der Waals surface area contributed by atoms with E-state index in [1.807, 2.05) is 30.3 Å². The SMILES string of the molecule is CC(C)c1cnc(N(C(N)=O)c2cc(-c3ccccc3)[nH]n2)s1. The van der Waals surface area contributed by atoms with Gasteiger partial charge in [0.1, 0.15) is 0 Å². The average Bonchev–Trinajstić information content (AvgIpc) is 3.18. The van der Waals surface area contributed by atoms with E-state index in [4.69, 9.17) is 5.73 Å². The lowest BCUT2D eigenvalue weighted by molar-refractivity contribution is 0.256. The van der Waals surface area contributed by atoms with Crippen molar-refractivity contribution in [2.45, 2.75) is 19.8 Å². The first-order valence-corrected chi connectivity index (χ1v) is 8.04. The molecule has 0 aliphatic heterocycles. The van der Waals surface area contributed by atoms with E-state index in [9.17, 15) is 4.79 Å². The van der Waals surface area contributed by atoms with Crippen molar-refractivity contribution in [3.05, 3.63) is 47.5 Å². The molecule has 0 spiro atoms. The Morgan fingerprint density at radius 3 is 2.65 bits per heavy atom. The summed E-state index contributed by atoms with van der Waals surface area (Å²) in [5.41, 5.74) is 7.33. The predicted molar refractivity (Wildman–Crippen MR) is 91.9 cm³/mol. The number of nitrogens with two attached hydrogens (primary N) is 1. The summed E-state index contributed by atoms with van der Waals surface area (Å²) in [4.78, 5) is 18.6. The van der Waals surface area contributed by atoms with E-state index in [0.717, 1.165) is 16.1 Å². The molecule has 118 valence electrons. The Balaban J connectivity index is 1.96. The summed E-state index contributed by atoms with van der Waals surface area (Å²) in [6.45, 7) is 4.15. The standard InChI is InChI=1S/C16H17N5OS/c1-10(2)13-9-18-16(23-13)21(15(17)22)14-8-12(19-20-14)11-6-4-3-5-7-11/h3-10H,1-2H3,(H2,17,22)(H,19,20). The molecule has 3 aromatic rings. The highest BCUT2D eigenvalue weighted by Gasteiger charge is 2.22. The van der Waals surface area contributed by atoms with Gasteiger partial charge in [0.25, 0.3) is 0 Å². The third kappa shape index (κ3) is 3.09. The van der Waals surface area contributed by atoms with Crippen LogP contribution in [-0.2, 0) is 0 Å². The van der Waals surface area contributed by atoms with Crippen LogP contribution in [0.3, 0.4) is 0 Å². The van der Waals surface area contributed by atoms with Gasteiger partial charge in [0, 0.05) is 17.1 Å². The van der Waals surface area contributed by atoms with E-state index in [1.54, 1.807) is 12.3 Å². The molecule has 1 aromatic carbocycles. The van der Waals surface area contributed by atoms with Crippen molar-refractivity contribution in [3.8, 4) is 11.3 Å². The Morgan fingerprint density at radius 1 is 1.30 bits per heavy atom. The first-order chi connectivity index (χ1) is 11.1. The van der Waals surface area contributed by atoms with Crippen molar-refractivity contribution < 1.29 is 4.79 Å². The van der Waals surface area contributed by atoms with E-state index < -0.39 is 6.03 Å². The molecule has 0 aliphatic carbocycles. The second-order valence-electron chi connectivity index (χ2n) is 5.38. The number of nitrogens with one attached hydrogen (secondary N) is 1. The third-order valence-corrected chi connectivity index (χ3v) is 4.65. The van der Waals surface area contributed by atoms with Gasteiger partial charge in [0.2, 0.25) is 0 Å².